The number of aromatic amines is 1. The lowest BCUT2D eigenvalue weighted by Gasteiger charge is -2.08. The molecule has 1 heterocycles. The maximum atomic E-state index is 11.8. The number of aromatic nitrogens is 2. The number of H-pyrrole nitrogens is 1. The molecule has 2 aromatic rings. The first-order valence-electron chi connectivity index (χ1n) is 7.51. The normalized spacial score (nSPS) is 15.8. The van der Waals surface area contributed by atoms with Crippen LogP contribution in [0.2, 0.25) is 0 Å². The van der Waals surface area contributed by atoms with Crippen molar-refractivity contribution >= 4 is 16.9 Å². The van der Waals surface area contributed by atoms with Crippen LogP contribution in [0.5, 0.6) is 0 Å². The Labute approximate surface area is 119 Å². The molecule has 0 saturated heterocycles. The number of carbonyl (C=O) groups is 1. The van der Waals surface area contributed by atoms with E-state index < -0.39 is 0 Å². The average molecular weight is 271 g/mol. The van der Waals surface area contributed by atoms with Crippen LogP contribution >= 0.6 is 0 Å². The highest BCUT2D eigenvalue weighted by molar-refractivity contribution is 5.76. The van der Waals surface area contributed by atoms with Crippen molar-refractivity contribution in [1.29, 1.82) is 0 Å². The minimum atomic E-state index is 0.136. The number of hydrogen-bond acceptors (Lipinski definition) is 2. The number of nitrogens with zero attached hydrogens (tertiary/aromatic N) is 1. The summed E-state index contributed by atoms with van der Waals surface area (Å²) >= 11 is 0. The number of fused-ring (bicyclic) bond motifs is 1. The summed E-state index contributed by atoms with van der Waals surface area (Å²) in [6.07, 6.45) is 6.96. The molecule has 106 valence electrons. The number of carbonyl (C=O) groups excluding carboxylic acids is 1. The van der Waals surface area contributed by atoms with Crippen molar-refractivity contribution in [3.63, 3.8) is 0 Å². The van der Waals surface area contributed by atoms with Gasteiger partial charge in [-0.25, -0.2) is 4.98 Å². The van der Waals surface area contributed by atoms with Gasteiger partial charge in [0.15, 0.2) is 0 Å². The molecule has 0 spiro atoms. The summed E-state index contributed by atoms with van der Waals surface area (Å²) in [5, 5.41) is 2.95. The number of amides is 1. The number of benzene rings is 1. The highest BCUT2D eigenvalue weighted by atomic mass is 16.1. The van der Waals surface area contributed by atoms with Crippen molar-refractivity contribution in [2.75, 3.05) is 0 Å². The summed E-state index contributed by atoms with van der Waals surface area (Å²) in [5.74, 6) is 1.73. The van der Waals surface area contributed by atoms with E-state index in [0.29, 0.717) is 13.0 Å². The molecule has 4 nitrogen and oxygen atoms in total. The molecular formula is C16H21N3O. The maximum Gasteiger partial charge on any atom is 0.220 e. The predicted octanol–water partition coefficient (Wildman–Crippen LogP) is 3.15. The van der Waals surface area contributed by atoms with E-state index in [2.05, 4.69) is 15.3 Å². The lowest BCUT2D eigenvalue weighted by molar-refractivity contribution is -0.121. The summed E-state index contributed by atoms with van der Waals surface area (Å²) in [5.41, 5.74) is 1.96. The molecule has 1 amide bonds. The smallest absolute Gasteiger partial charge is 0.220 e. The third-order valence-electron chi connectivity index (χ3n) is 4.15. The lowest BCUT2D eigenvalue weighted by atomic mass is 10.0. The molecule has 1 aromatic heterocycles. The summed E-state index contributed by atoms with van der Waals surface area (Å²) in [4.78, 5) is 19.5. The van der Waals surface area contributed by atoms with Gasteiger partial charge in [0.1, 0.15) is 5.82 Å². The van der Waals surface area contributed by atoms with Crippen LogP contribution in [-0.2, 0) is 11.3 Å². The van der Waals surface area contributed by atoms with Crippen molar-refractivity contribution in [3.05, 3.63) is 30.1 Å². The van der Waals surface area contributed by atoms with Crippen LogP contribution in [0.4, 0.5) is 0 Å². The second kappa shape index (κ2) is 6.07. The Morgan fingerprint density at radius 3 is 2.90 bits per heavy atom. The summed E-state index contributed by atoms with van der Waals surface area (Å²) in [6.45, 7) is 0.484. The summed E-state index contributed by atoms with van der Waals surface area (Å²) in [6, 6.07) is 7.91. The second-order valence-electron chi connectivity index (χ2n) is 5.67. The molecule has 3 rings (SSSR count). The molecular weight excluding hydrogens is 250 g/mol. The molecule has 1 aliphatic rings. The summed E-state index contributed by atoms with van der Waals surface area (Å²) in [7, 11) is 0. The number of imidazole rings is 1. The van der Waals surface area contributed by atoms with E-state index in [1.807, 2.05) is 24.3 Å². The zero-order chi connectivity index (χ0) is 13.8. The van der Waals surface area contributed by atoms with Crippen molar-refractivity contribution in [3.8, 4) is 0 Å². The first kappa shape index (κ1) is 13.2. The fourth-order valence-corrected chi connectivity index (χ4v) is 2.99. The topological polar surface area (TPSA) is 57.8 Å². The Morgan fingerprint density at radius 1 is 1.30 bits per heavy atom. The van der Waals surface area contributed by atoms with Gasteiger partial charge < -0.3 is 10.3 Å². The van der Waals surface area contributed by atoms with Crippen molar-refractivity contribution in [1.82, 2.24) is 15.3 Å². The van der Waals surface area contributed by atoms with Crippen molar-refractivity contribution < 1.29 is 4.79 Å². The molecule has 0 radical (unpaired) electrons. The van der Waals surface area contributed by atoms with Gasteiger partial charge in [0.25, 0.3) is 0 Å². The van der Waals surface area contributed by atoms with Gasteiger partial charge in [0.2, 0.25) is 5.91 Å². The van der Waals surface area contributed by atoms with E-state index in [4.69, 9.17) is 0 Å². The van der Waals surface area contributed by atoms with Gasteiger partial charge in [-0.1, -0.05) is 37.8 Å². The number of nitrogens with one attached hydrogen (secondary N) is 2. The Bertz CT molecular complexity index is 551. The molecule has 1 fully saturated rings. The number of hydrogen-bond donors (Lipinski definition) is 2. The molecule has 2 N–H and O–H groups in total. The Hall–Kier alpha value is -1.84. The van der Waals surface area contributed by atoms with Gasteiger partial charge >= 0.3 is 0 Å². The minimum absolute atomic E-state index is 0.136. The van der Waals surface area contributed by atoms with Crippen LogP contribution < -0.4 is 5.32 Å². The van der Waals surface area contributed by atoms with Crippen LogP contribution in [0, 0.1) is 5.92 Å². The van der Waals surface area contributed by atoms with Crippen molar-refractivity contribution in [2.45, 2.75) is 45.1 Å². The second-order valence-corrected chi connectivity index (χ2v) is 5.67. The van der Waals surface area contributed by atoms with Crippen LogP contribution in [0.15, 0.2) is 24.3 Å². The Morgan fingerprint density at radius 2 is 2.10 bits per heavy atom. The average Bonchev–Trinajstić information content (AvgIpc) is 3.11. The molecule has 1 aromatic carbocycles. The van der Waals surface area contributed by atoms with Crippen LogP contribution in [-0.4, -0.2) is 15.9 Å². The van der Waals surface area contributed by atoms with E-state index in [9.17, 15) is 4.79 Å². The third-order valence-corrected chi connectivity index (χ3v) is 4.15. The Balaban J connectivity index is 1.47. The van der Waals surface area contributed by atoms with E-state index in [-0.39, 0.29) is 5.91 Å². The lowest BCUT2D eigenvalue weighted by Crippen LogP contribution is -2.23. The Kier molecular flexibility index (Phi) is 4.00. The third kappa shape index (κ3) is 3.18. The molecule has 0 aliphatic heterocycles. The molecule has 1 aliphatic carbocycles. The minimum Gasteiger partial charge on any atom is -0.349 e. The molecule has 4 heteroatoms. The van der Waals surface area contributed by atoms with E-state index in [0.717, 1.165) is 29.2 Å². The van der Waals surface area contributed by atoms with Gasteiger partial charge in [-0.05, 0) is 24.5 Å². The van der Waals surface area contributed by atoms with Crippen LogP contribution in [0.1, 0.15) is 44.3 Å². The molecule has 0 atom stereocenters. The maximum absolute atomic E-state index is 11.8. The van der Waals surface area contributed by atoms with Crippen LogP contribution in [0.25, 0.3) is 11.0 Å². The number of rotatable bonds is 5. The van der Waals surface area contributed by atoms with Gasteiger partial charge in [0.05, 0.1) is 17.6 Å². The number of para-hydroxylation sites is 2. The first-order valence-corrected chi connectivity index (χ1v) is 7.51. The van der Waals surface area contributed by atoms with Gasteiger partial charge in [-0.2, -0.15) is 0 Å². The summed E-state index contributed by atoms with van der Waals surface area (Å²) < 4.78 is 0. The fraction of sp³-hybridized carbons (Fsp3) is 0.500. The quantitative estimate of drug-likeness (QED) is 0.877. The zero-order valence-corrected chi connectivity index (χ0v) is 11.7. The monoisotopic (exact) mass is 271 g/mol. The standard InChI is InChI=1S/C16H21N3O/c20-16(10-9-12-5-1-2-6-12)17-11-15-18-13-7-3-4-8-14(13)19-15/h3-4,7-8,12H,1-2,5-6,9-11H2,(H,17,20)(H,18,19). The van der Waals surface area contributed by atoms with E-state index in [1.54, 1.807) is 0 Å². The van der Waals surface area contributed by atoms with Crippen LogP contribution in [0.3, 0.4) is 0 Å². The first-order chi connectivity index (χ1) is 9.81. The largest absolute Gasteiger partial charge is 0.349 e. The molecule has 0 bridgehead atoms. The van der Waals surface area contributed by atoms with Gasteiger partial charge in [-0.15, -0.1) is 0 Å². The van der Waals surface area contributed by atoms with Gasteiger partial charge in [-0.3, -0.25) is 4.79 Å². The molecule has 1 saturated carbocycles. The predicted molar refractivity (Wildman–Crippen MR) is 79.1 cm³/mol. The highest BCUT2D eigenvalue weighted by Gasteiger charge is 2.16. The SMILES string of the molecule is O=C(CCC1CCCC1)NCc1nc2ccccc2[nH]1. The zero-order valence-electron chi connectivity index (χ0n) is 11.7. The van der Waals surface area contributed by atoms with E-state index >= 15 is 0 Å². The van der Waals surface area contributed by atoms with Crippen molar-refractivity contribution in [2.24, 2.45) is 5.92 Å². The van der Waals surface area contributed by atoms with E-state index in [1.165, 1.54) is 25.7 Å². The molecule has 0 unspecified atom stereocenters. The molecule has 20 heavy (non-hydrogen) atoms. The highest BCUT2D eigenvalue weighted by Crippen LogP contribution is 2.28. The van der Waals surface area contributed by atoms with Gasteiger partial charge in [0, 0.05) is 6.42 Å². The fourth-order valence-electron chi connectivity index (χ4n) is 2.99.